The number of hydrogen-bond donors (Lipinski definition) is 2. The first-order chi connectivity index (χ1) is 12.7. The van der Waals surface area contributed by atoms with Crippen molar-refractivity contribution in [2.75, 3.05) is 13.3 Å². The molecule has 2 heterocycles. The van der Waals surface area contributed by atoms with Gasteiger partial charge in [0.2, 0.25) is 6.79 Å². The van der Waals surface area contributed by atoms with Gasteiger partial charge in [0.1, 0.15) is 12.0 Å². The van der Waals surface area contributed by atoms with Gasteiger partial charge in [0.25, 0.3) is 5.91 Å². The second-order valence-electron chi connectivity index (χ2n) is 7.10. The van der Waals surface area contributed by atoms with Crippen molar-refractivity contribution in [2.24, 2.45) is 5.73 Å². The second kappa shape index (κ2) is 8.23. The van der Waals surface area contributed by atoms with E-state index in [2.05, 4.69) is 17.4 Å². The lowest BCUT2D eigenvalue weighted by atomic mass is 9.69. The predicted octanol–water partition coefficient (Wildman–Crippen LogP) is 3.52. The number of nitrogens with one attached hydrogen (secondary N) is 1. The van der Waals surface area contributed by atoms with Gasteiger partial charge in [-0.05, 0) is 36.6 Å². The highest BCUT2D eigenvalue weighted by molar-refractivity contribution is 5.94. The summed E-state index contributed by atoms with van der Waals surface area (Å²) in [6.45, 7) is 1.15. The van der Waals surface area contributed by atoms with Crippen LogP contribution in [-0.4, -0.2) is 19.2 Å². The van der Waals surface area contributed by atoms with Crippen LogP contribution < -0.4 is 20.5 Å². The number of hydrogen-bond acceptors (Lipinski definition) is 5. The summed E-state index contributed by atoms with van der Waals surface area (Å²) in [5.41, 5.74) is 7.20. The number of benzene rings is 1. The van der Waals surface area contributed by atoms with Gasteiger partial charge in [0.15, 0.2) is 11.5 Å². The number of rotatable bonds is 5. The molecule has 0 saturated heterocycles. The third kappa shape index (κ3) is 3.92. The van der Waals surface area contributed by atoms with Gasteiger partial charge in [0, 0.05) is 12.0 Å². The highest BCUT2D eigenvalue weighted by Gasteiger charge is 2.35. The van der Waals surface area contributed by atoms with E-state index >= 15 is 0 Å². The Morgan fingerprint density at radius 1 is 1.11 bits per heavy atom. The summed E-state index contributed by atoms with van der Waals surface area (Å²) in [6.07, 6.45) is 7.12. The average Bonchev–Trinajstić information content (AvgIpc) is 3.35. The Morgan fingerprint density at radius 2 is 1.89 bits per heavy atom. The molecule has 0 unspecified atom stereocenters. The summed E-state index contributed by atoms with van der Waals surface area (Å²) in [4.78, 5) is 12.5. The Morgan fingerprint density at radius 3 is 2.63 bits per heavy atom. The van der Waals surface area contributed by atoms with Crippen molar-refractivity contribution >= 4 is 18.3 Å². The number of furan rings is 1. The van der Waals surface area contributed by atoms with Gasteiger partial charge >= 0.3 is 0 Å². The lowest BCUT2D eigenvalue weighted by Crippen LogP contribution is -2.42. The summed E-state index contributed by atoms with van der Waals surface area (Å²) >= 11 is 0. The number of amides is 1. The fourth-order valence-electron chi connectivity index (χ4n) is 3.98. The Hall–Kier alpha value is -2.18. The molecule has 6 nitrogen and oxygen atoms in total. The van der Waals surface area contributed by atoms with E-state index in [1.54, 1.807) is 6.07 Å². The largest absolute Gasteiger partial charge is 0.467 e. The summed E-state index contributed by atoms with van der Waals surface area (Å²) in [7, 11) is 0. The first-order valence-electron chi connectivity index (χ1n) is 9.16. The van der Waals surface area contributed by atoms with Gasteiger partial charge < -0.3 is 24.9 Å². The van der Waals surface area contributed by atoms with E-state index in [1.165, 1.54) is 18.2 Å². The zero-order chi connectivity index (χ0) is 18.0. The van der Waals surface area contributed by atoms with Crippen LogP contribution in [0.25, 0.3) is 0 Å². The molecule has 3 N–H and O–H groups in total. The molecule has 1 aliphatic carbocycles. The maximum atomic E-state index is 12.5. The molecule has 7 heteroatoms. The van der Waals surface area contributed by atoms with Crippen LogP contribution in [-0.2, 0) is 12.0 Å². The minimum absolute atomic E-state index is 0. The zero-order valence-corrected chi connectivity index (χ0v) is 16.0. The molecular weight excluding hydrogens is 368 g/mol. The van der Waals surface area contributed by atoms with Crippen LogP contribution in [0.1, 0.15) is 53.8 Å². The Labute approximate surface area is 164 Å². The maximum Gasteiger partial charge on any atom is 0.254 e. The van der Waals surface area contributed by atoms with Gasteiger partial charge in [-0.1, -0.05) is 25.3 Å². The highest BCUT2D eigenvalue weighted by atomic mass is 35.5. The fourth-order valence-corrected chi connectivity index (χ4v) is 3.98. The Kier molecular flexibility index (Phi) is 5.97. The predicted molar refractivity (Wildman–Crippen MR) is 104 cm³/mol. The van der Waals surface area contributed by atoms with Gasteiger partial charge in [-0.3, -0.25) is 4.79 Å². The van der Waals surface area contributed by atoms with Crippen molar-refractivity contribution in [3.63, 3.8) is 0 Å². The second-order valence-corrected chi connectivity index (χ2v) is 7.10. The molecule has 0 radical (unpaired) electrons. The van der Waals surface area contributed by atoms with E-state index in [9.17, 15) is 4.79 Å². The van der Waals surface area contributed by atoms with Gasteiger partial charge in [-0.2, -0.15) is 0 Å². The third-order valence-corrected chi connectivity index (χ3v) is 5.50. The number of carbonyl (C=O) groups is 1. The first-order valence-corrected chi connectivity index (χ1v) is 9.16. The summed E-state index contributed by atoms with van der Waals surface area (Å²) in [6, 6.07) is 7.85. The van der Waals surface area contributed by atoms with Crippen LogP contribution in [0.4, 0.5) is 0 Å². The summed E-state index contributed by atoms with van der Waals surface area (Å²) in [5, 5.41) is 3.10. The number of carbonyl (C=O) groups excluding carboxylic acids is 1. The fraction of sp³-hybridized carbons (Fsp3) is 0.450. The van der Waals surface area contributed by atoms with Crippen molar-refractivity contribution in [2.45, 2.75) is 44.1 Å². The van der Waals surface area contributed by atoms with E-state index in [1.807, 2.05) is 6.07 Å². The molecule has 1 fully saturated rings. The first kappa shape index (κ1) is 19.6. The number of nitrogens with two attached hydrogens (primary N) is 1. The summed E-state index contributed by atoms with van der Waals surface area (Å²) < 4.78 is 16.3. The van der Waals surface area contributed by atoms with Crippen LogP contribution in [0.5, 0.6) is 11.5 Å². The number of ether oxygens (including phenoxy) is 2. The van der Waals surface area contributed by atoms with E-state index in [0.29, 0.717) is 17.9 Å². The topological polar surface area (TPSA) is 86.7 Å². The molecule has 0 atom stereocenters. The highest BCUT2D eigenvalue weighted by Crippen LogP contribution is 2.43. The zero-order valence-electron chi connectivity index (χ0n) is 15.2. The van der Waals surface area contributed by atoms with Crippen molar-refractivity contribution in [3.8, 4) is 11.5 Å². The molecule has 146 valence electrons. The molecule has 2 aromatic rings. The van der Waals surface area contributed by atoms with Crippen LogP contribution in [0.2, 0.25) is 0 Å². The van der Waals surface area contributed by atoms with Crippen LogP contribution in [0.15, 0.2) is 34.9 Å². The Bertz CT molecular complexity index is 799. The molecule has 1 aromatic carbocycles. The minimum atomic E-state index is -0.126. The summed E-state index contributed by atoms with van der Waals surface area (Å²) in [5.74, 6) is 2.06. The molecule has 0 spiro atoms. The quantitative estimate of drug-likeness (QED) is 0.812. The standard InChI is InChI=1S/C20H24N2O4.ClH/c21-10-16-8-14(11-24-16)19(23)22-12-20(6-2-1-3-7-20)15-4-5-17-18(9-15)26-13-25-17;/h4-5,8-9,11H,1-3,6-7,10,12-13,21H2,(H,22,23);1H. The van der Waals surface area contributed by atoms with Crippen molar-refractivity contribution in [3.05, 3.63) is 47.4 Å². The molecule has 1 aromatic heterocycles. The lowest BCUT2D eigenvalue weighted by molar-refractivity contribution is 0.0936. The van der Waals surface area contributed by atoms with Crippen LogP contribution in [0, 0.1) is 0 Å². The van der Waals surface area contributed by atoms with Gasteiger partial charge in [0.05, 0.1) is 12.1 Å². The van der Waals surface area contributed by atoms with Gasteiger partial charge in [-0.25, -0.2) is 0 Å². The van der Waals surface area contributed by atoms with Gasteiger partial charge in [-0.15, -0.1) is 12.4 Å². The molecule has 1 saturated carbocycles. The number of halogens is 1. The molecular formula is C20H25ClN2O4. The SMILES string of the molecule is Cl.NCc1cc(C(=O)NCC2(c3ccc4c(c3)OCO4)CCCCC2)co1. The maximum absolute atomic E-state index is 12.5. The van der Waals surface area contributed by atoms with Crippen molar-refractivity contribution in [1.82, 2.24) is 5.32 Å². The monoisotopic (exact) mass is 392 g/mol. The molecule has 4 rings (SSSR count). The smallest absolute Gasteiger partial charge is 0.254 e. The Balaban J connectivity index is 0.00000210. The molecule has 27 heavy (non-hydrogen) atoms. The van der Waals surface area contributed by atoms with E-state index in [4.69, 9.17) is 19.6 Å². The van der Waals surface area contributed by atoms with Crippen molar-refractivity contribution < 1.29 is 18.7 Å². The van der Waals surface area contributed by atoms with Crippen molar-refractivity contribution in [1.29, 1.82) is 0 Å². The molecule has 0 bridgehead atoms. The lowest BCUT2D eigenvalue weighted by Gasteiger charge is -2.38. The van der Waals surface area contributed by atoms with E-state index < -0.39 is 0 Å². The number of fused-ring (bicyclic) bond motifs is 1. The van der Waals surface area contributed by atoms with Crippen LogP contribution >= 0.6 is 12.4 Å². The average molecular weight is 393 g/mol. The third-order valence-electron chi connectivity index (χ3n) is 5.50. The van der Waals surface area contributed by atoms with E-state index in [0.717, 1.165) is 37.2 Å². The minimum Gasteiger partial charge on any atom is -0.467 e. The normalized spacial score (nSPS) is 17.2. The molecule has 2 aliphatic rings. The van der Waals surface area contributed by atoms with Crippen LogP contribution in [0.3, 0.4) is 0 Å². The van der Waals surface area contributed by atoms with E-state index in [-0.39, 0.29) is 37.1 Å². The molecule has 1 amide bonds. The molecule has 1 aliphatic heterocycles.